The summed E-state index contributed by atoms with van der Waals surface area (Å²) in [5, 5.41) is 8.89. The van der Waals surface area contributed by atoms with E-state index in [0.717, 1.165) is 0 Å². The van der Waals surface area contributed by atoms with Crippen LogP contribution in [0.15, 0.2) is 12.1 Å². The van der Waals surface area contributed by atoms with Crippen molar-refractivity contribution in [3.8, 4) is 5.75 Å². The van der Waals surface area contributed by atoms with Crippen molar-refractivity contribution in [3.63, 3.8) is 0 Å². The van der Waals surface area contributed by atoms with Crippen LogP contribution in [-0.4, -0.2) is 5.11 Å². The lowest BCUT2D eigenvalue weighted by atomic mass is 10.1. The summed E-state index contributed by atoms with van der Waals surface area (Å²) in [6.45, 7) is 0. The van der Waals surface area contributed by atoms with Crippen molar-refractivity contribution in [1.29, 1.82) is 0 Å². The van der Waals surface area contributed by atoms with Gasteiger partial charge in [-0.2, -0.15) is 26.3 Å². The van der Waals surface area contributed by atoms with Crippen molar-refractivity contribution in [2.45, 2.75) is 12.4 Å². The molecule has 0 aliphatic rings. The van der Waals surface area contributed by atoms with E-state index < -0.39 is 34.9 Å². The van der Waals surface area contributed by atoms with Gasteiger partial charge in [0.1, 0.15) is 5.75 Å². The van der Waals surface area contributed by atoms with E-state index in [1.165, 1.54) is 0 Å². The molecule has 0 saturated carbocycles. The van der Waals surface area contributed by atoms with Crippen molar-refractivity contribution in [2.24, 2.45) is 0 Å². The first-order valence-electron chi connectivity index (χ1n) is 3.80. The van der Waals surface area contributed by atoms with E-state index in [-0.39, 0.29) is 12.1 Å². The zero-order valence-electron chi connectivity index (χ0n) is 7.45. The number of hydrogen-bond donors (Lipinski definition) is 2. The molecule has 3 N–H and O–H groups in total. The fourth-order valence-electron chi connectivity index (χ4n) is 1.09. The van der Waals surface area contributed by atoms with Crippen LogP contribution in [-0.2, 0) is 12.4 Å². The third-order valence-electron chi connectivity index (χ3n) is 1.74. The normalized spacial score (nSPS) is 12.9. The second-order valence-electron chi connectivity index (χ2n) is 2.96. The number of aromatic hydroxyl groups is 1. The van der Waals surface area contributed by atoms with E-state index in [4.69, 9.17) is 10.8 Å². The molecule has 2 nitrogen and oxygen atoms in total. The molecule has 0 radical (unpaired) electrons. The minimum atomic E-state index is -5.10. The van der Waals surface area contributed by atoms with Crippen LogP contribution < -0.4 is 5.73 Å². The Bertz CT molecular complexity index is 373. The Kier molecular flexibility index (Phi) is 2.70. The number of nitrogen functional groups attached to an aromatic ring is 1. The van der Waals surface area contributed by atoms with Gasteiger partial charge in [0.15, 0.2) is 0 Å². The maximum absolute atomic E-state index is 12.2. The summed E-state index contributed by atoms with van der Waals surface area (Å²) in [6.07, 6.45) is -10.2. The molecule has 1 rings (SSSR count). The Labute approximate surface area is 85.3 Å². The van der Waals surface area contributed by atoms with Gasteiger partial charge in [0.05, 0.1) is 11.1 Å². The standard InChI is InChI=1S/C8H5F6NO/c9-7(10,11)4-1-3(15)2-5(6(4)16)8(12,13)14/h1-2,16H,15H2. The second kappa shape index (κ2) is 3.46. The molecule has 0 spiro atoms. The van der Waals surface area contributed by atoms with E-state index >= 15 is 0 Å². The molecule has 0 amide bonds. The van der Waals surface area contributed by atoms with Crippen LogP contribution in [0, 0.1) is 0 Å². The smallest absolute Gasteiger partial charge is 0.420 e. The Balaban J connectivity index is 3.51. The Morgan fingerprint density at radius 3 is 1.44 bits per heavy atom. The largest absolute Gasteiger partial charge is 0.507 e. The van der Waals surface area contributed by atoms with Gasteiger partial charge < -0.3 is 10.8 Å². The van der Waals surface area contributed by atoms with E-state index in [1.54, 1.807) is 0 Å². The van der Waals surface area contributed by atoms with Crippen molar-refractivity contribution in [2.75, 3.05) is 5.73 Å². The Morgan fingerprint density at radius 2 is 1.19 bits per heavy atom. The van der Waals surface area contributed by atoms with Crippen molar-refractivity contribution in [1.82, 2.24) is 0 Å². The third-order valence-corrected chi connectivity index (χ3v) is 1.74. The van der Waals surface area contributed by atoms with Crippen LogP contribution in [0.2, 0.25) is 0 Å². The average Bonchev–Trinajstić information content (AvgIpc) is 2.04. The van der Waals surface area contributed by atoms with Gasteiger partial charge in [0, 0.05) is 5.69 Å². The molecule has 0 heterocycles. The molecule has 0 aromatic heterocycles. The van der Waals surface area contributed by atoms with Crippen LogP contribution in [0.3, 0.4) is 0 Å². The molecular formula is C8H5F6NO. The summed E-state index contributed by atoms with van der Waals surface area (Å²) in [5.74, 6) is -1.87. The lowest BCUT2D eigenvalue weighted by molar-refractivity contribution is -0.145. The van der Waals surface area contributed by atoms with Gasteiger partial charge >= 0.3 is 12.4 Å². The number of anilines is 1. The topological polar surface area (TPSA) is 46.2 Å². The molecule has 0 aliphatic heterocycles. The summed E-state index contributed by atoms with van der Waals surface area (Å²) in [4.78, 5) is 0. The molecule has 0 bridgehead atoms. The van der Waals surface area contributed by atoms with Crippen LogP contribution >= 0.6 is 0 Å². The average molecular weight is 245 g/mol. The van der Waals surface area contributed by atoms with Gasteiger partial charge in [-0.3, -0.25) is 0 Å². The lowest BCUT2D eigenvalue weighted by Crippen LogP contribution is -2.12. The highest BCUT2D eigenvalue weighted by molar-refractivity contribution is 5.54. The molecule has 90 valence electrons. The number of alkyl halides is 6. The van der Waals surface area contributed by atoms with Crippen LogP contribution in [0.5, 0.6) is 5.75 Å². The maximum Gasteiger partial charge on any atom is 0.420 e. The fourth-order valence-corrected chi connectivity index (χ4v) is 1.09. The number of hydrogen-bond acceptors (Lipinski definition) is 2. The van der Waals surface area contributed by atoms with E-state index in [9.17, 15) is 26.3 Å². The predicted molar refractivity (Wildman–Crippen MR) is 42.5 cm³/mol. The molecule has 0 atom stereocenters. The van der Waals surface area contributed by atoms with E-state index in [2.05, 4.69) is 0 Å². The van der Waals surface area contributed by atoms with Gasteiger partial charge in [-0.05, 0) is 12.1 Å². The third kappa shape index (κ3) is 2.31. The maximum atomic E-state index is 12.2. The SMILES string of the molecule is Nc1cc(C(F)(F)F)c(O)c(C(F)(F)F)c1. The molecule has 0 saturated heterocycles. The predicted octanol–water partition coefficient (Wildman–Crippen LogP) is 3.01. The molecule has 16 heavy (non-hydrogen) atoms. The van der Waals surface area contributed by atoms with Gasteiger partial charge in [-0.1, -0.05) is 0 Å². The molecule has 1 aromatic carbocycles. The van der Waals surface area contributed by atoms with Gasteiger partial charge in [0.2, 0.25) is 0 Å². The highest BCUT2D eigenvalue weighted by atomic mass is 19.4. The Morgan fingerprint density at radius 1 is 0.875 bits per heavy atom. The number of phenols is 1. The lowest BCUT2D eigenvalue weighted by Gasteiger charge is -2.15. The number of phenolic OH excluding ortho intramolecular Hbond substituents is 1. The summed E-state index contributed by atoms with van der Waals surface area (Å²) >= 11 is 0. The minimum absolute atomic E-state index is 0.241. The number of nitrogens with two attached hydrogens (primary N) is 1. The molecule has 0 aliphatic carbocycles. The monoisotopic (exact) mass is 245 g/mol. The van der Waals surface area contributed by atoms with E-state index in [0.29, 0.717) is 0 Å². The highest BCUT2D eigenvalue weighted by Gasteiger charge is 2.41. The first kappa shape index (κ1) is 12.5. The zero-order valence-corrected chi connectivity index (χ0v) is 7.45. The molecule has 0 unspecified atom stereocenters. The number of benzene rings is 1. The molecule has 1 aromatic rings. The summed E-state index contributed by atoms with van der Waals surface area (Å²) in [5.41, 5.74) is 0.575. The number of halogens is 6. The van der Waals surface area contributed by atoms with Gasteiger partial charge in [-0.15, -0.1) is 0 Å². The molecule has 8 heteroatoms. The van der Waals surface area contributed by atoms with Gasteiger partial charge in [-0.25, -0.2) is 0 Å². The molecular weight excluding hydrogens is 240 g/mol. The summed E-state index contributed by atoms with van der Waals surface area (Å²) in [6, 6.07) is 0.481. The van der Waals surface area contributed by atoms with Crippen LogP contribution in [0.25, 0.3) is 0 Å². The first-order chi connectivity index (χ1) is 7.03. The summed E-state index contributed by atoms with van der Waals surface area (Å²) < 4.78 is 73.3. The second-order valence-corrected chi connectivity index (χ2v) is 2.96. The van der Waals surface area contributed by atoms with Crippen molar-refractivity contribution < 1.29 is 31.4 Å². The molecule has 0 fully saturated rings. The minimum Gasteiger partial charge on any atom is -0.507 e. The van der Waals surface area contributed by atoms with Crippen LogP contribution in [0.1, 0.15) is 11.1 Å². The van der Waals surface area contributed by atoms with Crippen LogP contribution in [0.4, 0.5) is 32.0 Å². The van der Waals surface area contributed by atoms with Crippen molar-refractivity contribution in [3.05, 3.63) is 23.3 Å². The fraction of sp³-hybridized carbons (Fsp3) is 0.250. The summed E-state index contributed by atoms with van der Waals surface area (Å²) in [7, 11) is 0. The van der Waals surface area contributed by atoms with E-state index in [1.807, 2.05) is 0 Å². The highest BCUT2D eigenvalue weighted by Crippen LogP contribution is 2.44. The quantitative estimate of drug-likeness (QED) is 0.419. The van der Waals surface area contributed by atoms with Gasteiger partial charge in [0.25, 0.3) is 0 Å². The van der Waals surface area contributed by atoms with Crippen molar-refractivity contribution >= 4 is 5.69 Å². The Hall–Kier alpha value is -1.60. The first-order valence-corrected chi connectivity index (χ1v) is 3.80. The number of rotatable bonds is 0. The zero-order chi connectivity index (χ0) is 12.7.